The van der Waals surface area contributed by atoms with Crippen LogP contribution in [0.15, 0.2) is 36.4 Å². The first-order chi connectivity index (χ1) is 17.9. The third kappa shape index (κ3) is 3.63. The van der Waals surface area contributed by atoms with E-state index in [0.29, 0.717) is 42.5 Å². The number of carbonyl (C=O) groups is 2. The lowest BCUT2D eigenvalue weighted by Crippen LogP contribution is -2.52. The van der Waals surface area contributed by atoms with Crippen LogP contribution in [0.4, 0.5) is 5.69 Å². The summed E-state index contributed by atoms with van der Waals surface area (Å²) in [6.45, 7) is 13.5. The molecule has 3 heterocycles. The van der Waals surface area contributed by atoms with Gasteiger partial charge >= 0.3 is 0 Å². The molecule has 2 aromatic carbocycles. The van der Waals surface area contributed by atoms with Gasteiger partial charge in [-0.05, 0) is 43.1 Å². The van der Waals surface area contributed by atoms with Gasteiger partial charge < -0.3 is 13.9 Å². The first kappa shape index (κ1) is 27.0. The van der Waals surface area contributed by atoms with Gasteiger partial charge in [-0.1, -0.05) is 52.0 Å². The highest BCUT2D eigenvalue weighted by Crippen LogP contribution is 2.64. The number of amides is 2. The summed E-state index contributed by atoms with van der Waals surface area (Å²) in [4.78, 5) is 29.8. The Morgan fingerprint density at radius 3 is 2.37 bits per heavy atom. The Morgan fingerprint density at radius 2 is 1.76 bits per heavy atom. The molecule has 5 atom stereocenters. The molecule has 3 aliphatic rings. The summed E-state index contributed by atoms with van der Waals surface area (Å²) in [6, 6.07) is 13.1. The molecule has 38 heavy (non-hydrogen) atoms. The summed E-state index contributed by atoms with van der Waals surface area (Å²) in [5.41, 5.74) is -0.652. The molecular formula is C30H38N2O5Si. The van der Waals surface area contributed by atoms with Crippen molar-refractivity contribution < 1.29 is 23.5 Å². The predicted octanol–water partition coefficient (Wildman–Crippen LogP) is 5.57. The van der Waals surface area contributed by atoms with Crippen LogP contribution in [-0.2, 0) is 23.5 Å². The SMILES string of the molecule is CC[C@@]12O[C@](CCO[Si](C)(C)C(C)(C)C)(C[C@H]1OC)C1C(=O)N(c3ccc(C#N)c4ccccc34)C(=O)[C@@H]12. The molecule has 0 spiro atoms. The molecule has 0 N–H and O–H groups in total. The quantitative estimate of drug-likeness (QED) is 0.341. The van der Waals surface area contributed by atoms with Crippen molar-refractivity contribution in [2.75, 3.05) is 18.6 Å². The molecule has 2 aromatic rings. The topological polar surface area (TPSA) is 88.9 Å². The van der Waals surface area contributed by atoms with E-state index in [4.69, 9.17) is 13.9 Å². The van der Waals surface area contributed by atoms with E-state index in [2.05, 4.69) is 39.9 Å². The summed E-state index contributed by atoms with van der Waals surface area (Å²) in [5.74, 6) is -1.70. The van der Waals surface area contributed by atoms with E-state index in [1.54, 1.807) is 19.2 Å². The molecule has 202 valence electrons. The number of benzene rings is 2. The van der Waals surface area contributed by atoms with Crippen molar-refractivity contribution in [3.63, 3.8) is 0 Å². The van der Waals surface area contributed by atoms with Crippen LogP contribution in [0.5, 0.6) is 0 Å². The van der Waals surface area contributed by atoms with Crippen LogP contribution in [-0.4, -0.2) is 51.2 Å². The third-order valence-corrected chi connectivity index (χ3v) is 14.3. The first-order valence-corrected chi connectivity index (χ1v) is 16.4. The monoisotopic (exact) mass is 534 g/mol. The molecule has 3 aliphatic heterocycles. The maximum atomic E-state index is 14.3. The Hall–Kier alpha value is -2.57. The molecule has 0 aromatic heterocycles. The molecular weight excluding hydrogens is 496 g/mol. The number of hydrogen-bond donors (Lipinski definition) is 0. The van der Waals surface area contributed by atoms with Crippen LogP contribution in [0.3, 0.4) is 0 Å². The standard InChI is InChI=1S/C30H38N2O5Si/c1-8-30-23(35-5)17-29(37-30,15-16-36-38(6,7)28(2,3)4)24-25(30)27(34)32(26(24)33)22-14-13-19(18-31)20-11-9-10-12-21(20)22/h9-14,23-25H,8,15-17H2,1-7H3/t23-,24?,25-,29-,30-/m1/s1. The van der Waals surface area contributed by atoms with Crippen LogP contribution in [0.2, 0.25) is 18.1 Å². The maximum Gasteiger partial charge on any atom is 0.240 e. The fourth-order valence-electron chi connectivity index (χ4n) is 6.74. The zero-order chi connectivity index (χ0) is 27.7. The lowest BCUT2D eigenvalue weighted by Gasteiger charge is -2.38. The Morgan fingerprint density at radius 1 is 1.11 bits per heavy atom. The molecule has 3 fully saturated rings. The number of anilines is 1. The molecule has 8 heteroatoms. The van der Waals surface area contributed by atoms with Gasteiger partial charge in [0.2, 0.25) is 11.8 Å². The number of nitrogens with zero attached hydrogens (tertiary/aromatic N) is 2. The van der Waals surface area contributed by atoms with Crippen molar-refractivity contribution in [3.05, 3.63) is 42.0 Å². The minimum absolute atomic E-state index is 0.0637. The van der Waals surface area contributed by atoms with Crippen molar-refractivity contribution in [1.29, 1.82) is 5.26 Å². The second-order valence-corrected chi connectivity index (χ2v) is 17.3. The Kier molecular flexibility index (Phi) is 6.39. The van der Waals surface area contributed by atoms with Crippen molar-refractivity contribution in [2.45, 2.75) is 82.4 Å². The number of fused-ring (bicyclic) bond motifs is 6. The largest absolute Gasteiger partial charge is 0.417 e. The lowest BCUT2D eigenvalue weighted by molar-refractivity contribution is -0.138. The number of methoxy groups -OCH3 is 1. The van der Waals surface area contributed by atoms with E-state index in [0.717, 1.165) is 5.39 Å². The lowest BCUT2D eigenvalue weighted by atomic mass is 9.64. The fourth-order valence-corrected chi connectivity index (χ4v) is 7.78. The molecule has 0 aliphatic carbocycles. The van der Waals surface area contributed by atoms with Crippen LogP contribution in [0.25, 0.3) is 10.8 Å². The minimum atomic E-state index is -2.01. The van der Waals surface area contributed by atoms with Crippen molar-refractivity contribution in [1.82, 2.24) is 0 Å². The van der Waals surface area contributed by atoms with E-state index in [1.807, 2.05) is 31.2 Å². The molecule has 0 saturated carbocycles. The number of imide groups is 1. The Bertz CT molecular complexity index is 1340. The van der Waals surface area contributed by atoms with Gasteiger partial charge in [-0.15, -0.1) is 0 Å². The van der Waals surface area contributed by atoms with E-state index in [1.165, 1.54) is 4.90 Å². The molecule has 7 nitrogen and oxygen atoms in total. The summed E-state index contributed by atoms with van der Waals surface area (Å²) in [7, 11) is -0.346. The van der Waals surface area contributed by atoms with Gasteiger partial charge in [-0.3, -0.25) is 9.59 Å². The summed E-state index contributed by atoms with van der Waals surface area (Å²) >= 11 is 0. The second kappa shape index (κ2) is 8.99. The molecule has 3 saturated heterocycles. The zero-order valence-corrected chi connectivity index (χ0v) is 24.5. The Balaban J connectivity index is 1.56. The van der Waals surface area contributed by atoms with Crippen molar-refractivity contribution in [3.8, 4) is 6.07 Å². The number of carbonyl (C=O) groups excluding carboxylic acids is 2. The Labute approximate surface area is 226 Å². The van der Waals surface area contributed by atoms with Crippen LogP contribution < -0.4 is 4.90 Å². The highest BCUT2D eigenvalue weighted by atomic mass is 28.4. The number of nitriles is 1. The number of hydrogen-bond acceptors (Lipinski definition) is 6. The van der Waals surface area contributed by atoms with E-state index in [-0.39, 0.29) is 23.0 Å². The normalized spacial score (nSPS) is 30.8. The smallest absolute Gasteiger partial charge is 0.240 e. The van der Waals surface area contributed by atoms with E-state index < -0.39 is 31.4 Å². The molecule has 1 unspecified atom stereocenters. The highest BCUT2D eigenvalue weighted by Gasteiger charge is 2.78. The fraction of sp³-hybridized carbons (Fsp3) is 0.567. The van der Waals surface area contributed by atoms with Crippen LogP contribution in [0, 0.1) is 23.2 Å². The van der Waals surface area contributed by atoms with Gasteiger partial charge in [0.25, 0.3) is 0 Å². The zero-order valence-electron chi connectivity index (χ0n) is 23.5. The molecule has 5 rings (SSSR count). The minimum Gasteiger partial charge on any atom is -0.417 e. The predicted molar refractivity (Wildman–Crippen MR) is 148 cm³/mol. The molecule has 2 bridgehead atoms. The summed E-state index contributed by atoms with van der Waals surface area (Å²) < 4.78 is 19.3. The average molecular weight is 535 g/mol. The molecule has 0 radical (unpaired) electrons. The van der Waals surface area contributed by atoms with Gasteiger partial charge in [0, 0.05) is 30.9 Å². The molecule has 2 amide bonds. The van der Waals surface area contributed by atoms with Gasteiger partial charge in [0.15, 0.2) is 8.32 Å². The second-order valence-electron chi connectivity index (χ2n) is 12.5. The van der Waals surface area contributed by atoms with Gasteiger partial charge in [0.05, 0.1) is 40.9 Å². The van der Waals surface area contributed by atoms with E-state index >= 15 is 0 Å². The van der Waals surface area contributed by atoms with Crippen molar-refractivity contribution >= 4 is 36.6 Å². The highest BCUT2D eigenvalue weighted by molar-refractivity contribution is 6.74. The van der Waals surface area contributed by atoms with Crippen molar-refractivity contribution in [2.24, 2.45) is 11.8 Å². The summed E-state index contributed by atoms with van der Waals surface area (Å²) in [5, 5.41) is 11.1. The summed E-state index contributed by atoms with van der Waals surface area (Å²) in [6.07, 6.45) is 1.37. The average Bonchev–Trinajstić information content (AvgIpc) is 3.46. The van der Waals surface area contributed by atoms with Gasteiger partial charge in [-0.25, -0.2) is 4.90 Å². The first-order valence-electron chi connectivity index (χ1n) is 13.5. The van der Waals surface area contributed by atoms with E-state index in [9.17, 15) is 14.9 Å². The van der Waals surface area contributed by atoms with Gasteiger partial charge in [0.1, 0.15) is 5.60 Å². The maximum absolute atomic E-state index is 14.3. The third-order valence-electron chi connectivity index (χ3n) is 9.76. The van der Waals surface area contributed by atoms with Gasteiger partial charge in [-0.2, -0.15) is 5.26 Å². The number of rotatable bonds is 7. The van der Waals surface area contributed by atoms with Crippen LogP contribution >= 0.6 is 0 Å². The van der Waals surface area contributed by atoms with Crippen LogP contribution in [0.1, 0.15) is 52.5 Å². The number of ether oxygens (including phenoxy) is 2.